The van der Waals surface area contributed by atoms with Gasteiger partial charge in [-0.3, -0.25) is 0 Å². The Balaban J connectivity index is 1.41. The van der Waals surface area contributed by atoms with E-state index in [1.807, 2.05) is 98.8 Å². The minimum Gasteiger partial charge on any atom is -0.736 e. The van der Waals surface area contributed by atoms with Gasteiger partial charge in [-0.15, -0.1) is 0 Å². The summed E-state index contributed by atoms with van der Waals surface area (Å²) in [6.45, 7) is 3.94. The third-order valence-corrected chi connectivity index (χ3v) is 9.25. The summed E-state index contributed by atoms with van der Waals surface area (Å²) >= 11 is 3.17. The molecule has 7 heteroatoms. The van der Waals surface area contributed by atoms with Crippen molar-refractivity contribution in [3.05, 3.63) is 118 Å². The Kier molecular flexibility index (Phi) is 6.29. The van der Waals surface area contributed by atoms with Crippen LogP contribution in [0.5, 0.6) is 0 Å². The normalized spacial score (nSPS) is 14.0. The smallest absolute Gasteiger partial charge is 0.372 e. The fraction of sp³-hybridized carbons (Fsp3) is 0.0667. The van der Waals surface area contributed by atoms with E-state index in [1.54, 1.807) is 35.7 Å². The number of hydrogen-bond acceptors (Lipinski definition) is 6. The molecule has 0 aliphatic carbocycles. The third-order valence-electron chi connectivity index (χ3n) is 6.07. The Hall–Kier alpha value is -3.15. The molecule has 0 amide bonds. The van der Waals surface area contributed by atoms with Crippen LogP contribution in [0.1, 0.15) is 33.4 Å². The van der Waals surface area contributed by atoms with Gasteiger partial charge >= 0.3 is 7.82 Å². The lowest BCUT2D eigenvalue weighted by Crippen LogP contribution is -2.08. The van der Waals surface area contributed by atoms with Gasteiger partial charge in [0.25, 0.3) is 0 Å². The molecule has 0 atom stereocenters. The van der Waals surface area contributed by atoms with Crippen molar-refractivity contribution >= 4 is 55.0 Å². The molecular weight excluding hydrogens is 519 g/mol. The van der Waals surface area contributed by atoms with Crippen LogP contribution in [-0.4, -0.2) is 0 Å². The summed E-state index contributed by atoms with van der Waals surface area (Å²) in [7, 11) is -4.84. The molecule has 0 aromatic heterocycles. The standard InChI is InChI=1S/C30H23O4PS2/c1-19-11-13-29-23(15-19)25(17-21-7-3-5-9-27(21)36-29)33-35(31,32)34-26-18-22-8-4-6-10-28(22)37-30-14-12-20(2)16-24(26)30/h3-18H,1-2H3,(H,31,32)/p-1. The fourth-order valence-electron chi connectivity index (χ4n) is 4.32. The molecule has 0 radical (unpaired) electrons. The van der Waals surface area contributed by atoms with Crippen LogP contribution in [0.4, 0.5) is 0 Å². The van der Waals surface area contributed by atoms with Crippen molar-refractivity contribution in [2.75, 3.05) is 0 Å². The summed E-state index contributed by atoms with van der Waals surface area (Å²) in [5.41, 5.74) is 5.21. The summed E-state index contributed by atoms with van der Waals surface area (Å²) < 4.78 is 25.0. The Morgan fingerprint density at radius 1 is 0.622 bits per heavy atom. The first-order valence-electron chi connectivity index (χ1n) is 11.7. The summed E-state index contributed by atoms with van der Waals surface area (Å²) in [5.74, 6) is 0.478. The lowest BCUT2D eigenvalue weighted by atomic mass is 10.1. The molecule has 0 saturated heterocycles. The van der Waals surface area contributed by atoms with E-state index in [2.05, 4.69) is 0 Å². The number of rotatable bonds is 4. The van der Waals surface area contributed by atoms with Crippen LogP contribution in [0.3, 0.4) is 0 Å². The molecule has 0 N–H and O–H groups in total. The quantitative estimate of drug-likeness (QED) is 0.242. The Bertz CT molecular complexity index is 1540. The maximum Gasteiger partial charge on any atom is 0.372 e. The fourth-order valence-corrected chi connectivity index (χ4v) is 7.21. The van der Waals surface area contributed by atoms with Crippen LogP contribution in [0.25, 0.3) is 23.7 Å². The molecule has 0 spiro atoms. The molecule has 0 bridgehead atoms. The zero-order chi connectivity index (χ0) is 25.6. The predicted molar refractivity (Wildman–Crippen MR) is 149 cm³/mol. The molecule has 2 heterocycles. The Morgan fingerprint density at radius 2 is 1.05 bits per heavy atom. The van der Waals surface area contributed by atoms with Crippen LogP contribution >= 0.6 is 31.3 Å². The highest BCUT2D eigenvalue weighted by Gasteiger charge is 2.25. The molecular formula is C30H22O4PS2-. The number of benzene rings is 4. The maximum atomic E-state index is 13.5. The van der Waals surface area contributed by atoms with Gasteiger partial charge in [0, 0.05) is 30.7 Å². The minimum absolute atomic E-state index is 0.239. The average molecular weight is 542 g/mol. The third kappa shape index (κ3) is 5.03. The monoisotopic (exact) mass is 541 g/mol. The van der Waals surface area contributed by atoms with Crippen LogP contribution in [0.15, 0.2) is 105 Å². The predicted octanol–water partition coefficient (Wildman–Crippen LogP) is 8.43. The summed E-state index contributed by atoms with van der Waals surface area (Å²) in [5, 5.41) is 0. The number of phosphoric ester groups is 1. The van der Waals surface area contributed by atoms with Crippen molar-refractivity contribution in [1.82, 2.24) is 0 Å². The highest BCUT2D eigenvalue weighted by atomic mass is 32.2. The molecule has 2 aliphatic rings. The molecule has 0 unspecified atom stereocenters. The van der Waals surface area contributed by atoms with E-state index >= 15 is 0 Å². The Morgan fingerprint density at radius 3 is 1.51 bits per heavy atom. The van der Waals surface area contributed by atoms with E-state index in [9.17, 15) is 9.46 Å². The first-order chi connectivity index (χ1) is 17.8. The molecule has 37 heavy (non-hydrogen) atoms. The zero-order valence-corrected chi connectivity index (χ0v) is 22.7. The van der Waals surface area contributed by atoms with Crippen LogP contribution in [-0.2, 0) is 13.6 Å². The summed E-state index contributed by atoms with van der Waals surface area (Å²) in [4.78, 5) is 17.4. The van der Waals surface area contributed by atoms with Crippen LogP contribution < -0.4 is 4.89 Å². The van der Waals surface area contributed by atoms with Crippen molar-refractivity contribution in [2.24, 2.45) is 0 Å². The van der Waals surface area contributed by atoms with Crippen molar-refractivity contribution in [1.29, 1.82) is 0 Å². The molecule has 0 saturated carbocycles. The van der Waals surface area contributed by atoms with Gasteiger partial charge in [0.1, 0.15) is 11.5 Å². The second kappa shape index (κ2) is 9.62. The van der Waals surface area contributed by atoms with Crippen molar-refractivity contribution in [3.63, 3.8) is 0 Å². The van der Waals surface area contributed by atoms with Crippen molar-refractivity contribution < 1.29 is 18.5 Å². The van der Waals surface area contributed by atoms with E-state index in [0.29, 0.717) is 11.1 Å². The van der Waals surface area contributed by atoms with E-state index < -0.39 is 7.82 Å². The molecule has 6 rings (SSSR count). The lowest BCUT2D eigenvalue weighted by molar-refractivity contribution is -0.213. The largest absolute Gasteiger partial charge is 0.736 e. The average Bonchev–Trinajstić information content (AvgIpc) is 3.11. The summed E-state index contributed by atoms with van der Waals surface area (Å²) in [6, 6.07) is 27.6. The molecule has 184 valence electrons. The van der Waals surface area contributed by atoms with Gasteiger partial charge in [0.2, 0.25) is 0 Å². The molecule has 2 aliphatic heterocycles. The van der Waals surface area contributed by atoms with E-state index in [4.69, 9.17) is 9.05 Å². The SMILES string of the molecule is Cc1ccc2c(c1)C(OP(=O)([O-])OC1=Cc3ccccc3Sc3ccc(C)cc31)=Cc1ccccc1S2. The highest BCUT2D eigenvalue weighted by molar-refractivity contribution is 7.99. The van der Waals surface area contributed by atoms with Crippen LogP contribution in [0, 0.1) is 13.8 Å². The lowest BCUT2D eigenvalue weighted by Gasteiger charge is -2.27. The van der Waals surface area contributed by atoms with Crippen molar-refractivity contribution in [2.45, 2.75) is 33.4 Å². The summed E-state index contributed by atoms with van der Waals surface area (Å²) in [6.07, 6.45) is 3.54. The maximum absolute atomic E-state index is 13.5. The molecule has 4 nitrogen and oxygen atoms in total. The second-order valence-corrected chi connectivity index (χ2v) is 12.4. The molecule has 4 aromatic rings. The van der Waals surface area contributed by atoms with Gasteiger partial charge in [0.15, 0.2) is 0 Å². The number of fused-ring (bicyclic) bond motifs is 4. The van der Waals surface area contributed by atoms with E-state index in [0.717, 1.165) is 41.8 Å². The molecule has 0 fully saturated rings. The van der Waals surface area contributed by atoms with Gasteiger partial charge < -0.3 is 13.9 Å². The van der Waals surface area contributed by atoms with Crippen molar-refractivity contribution in [3.8, 4) is 0 Å². The van der Waals surface area contributed by atoms with Gasteiger partial charge in [-0.05, 0) is 73.5 Å². The number of phosphoric acid groups is 1. The zero-order valence-electron chi connectivity index (χ0n) is 20.1. The minimum atomic E-state index is -4.84. The number of hydrogen-bond donors (Lipinski definition) is 0. The van der Waals surface area contributed by atoms with Gasteiger partial charge in [0.05, 0.1) is 0 Å². The second-order valence-electron chi connectivity index (χ2n) is 8.93. The first-order valence-corrected chi connectivity index (χ1v) is 14.8. The van der Waals surface area contributed by atoms with E-state index in [1.165, 1.54) is 0 Å². The van der Waals surface area contributed by atoms with Crippen LogP contribution in [0.2, 0.25) is 0 Å². The van der Waals surface area contributed by atoms with Gasteiger partial charge in [-0.1, -0.05) is 83.2 Å². The Labute approximate surface area is 224 Å². The first kappa shape index (κ1) is 24.2. The van der Waals surface area contributed by atoms with Gasteiger partial charge in [-0.25, -0.2) is 4.57 Å². The number of aryl methyl sites for hydroxylation is 2. The van der Waals surface area contributed by atoms with Gasteiger partial charge in [-0.2, -0.15) is 0 Å². The van der Waals surface area contributed by atoms with E-state index in [-0.39, 0.29) is 11.5 Å². The highest BCUT2D eigenvalue weighted by Crippen LogP contribution is 2.53. The molecule has 4 aromatic carbocycles. The topological polar surface area (TPSA) is 58.6 Å².